The van der Waals surface area contributed by atoms with Gasteiger partial charge in [0.05, 0.1) is 0 Å². The summed E-state index contributed by atoms with van der Waals surface area (Å²) in [4.78, 5) is 10.9. The molecule has 5 heteroatoms. The summed E-state index contributed by atoms with van der Waals surface area (Å²) in [6.45, 7) is 3.36. The monoisotopic (exact) mass is 431 g/mol. The van der Waals surface area contributed by atoms with Crippen LogP contribution < -0.4 is 0 Å². The average molecular weight is 432 g/mol. The lowest BCUT2D eigenvalue weighted by Gasteiger charge is -2.29. The number of alkyl halides is 2. The van der Waals surface area contributed by atoms with E-state index in [1.54, 1.807) is 0 Å². The maximum absolute atomic E-state index is 9.00. The molecule has 0 radical (unpaired) electrons. The van der Waals surface area contributed by atoms with E-state index in [2.05, 4.69) is 19.1 Å². The zero-order valence-electron chi connectivity index (χ0n) is 18.1. The molecule has 1 rings (SSSR count). The summed E-state index contributed by atoms with van der Waals surface area (Å²) in [6.07, 6.45) is 14.7. The Morgan fingerprint density at radius 3 is 1.82 bits per heavy atom. The number of benzene rings is 1. The highest BCUT2D eigenvalue weighted by atomic mass is 35.5. The number of aliphatic carboxylic acids is 1. The number of carboxylic acids is 1. The minimum absolute atomic E-state index is 0.833. The smallest absolute Gasteiger partial charge is 0.300 e. The van der Waals surface area contributed by atoms with Gasteiger partial charge in [-0.15, -0.1) is 0 Å². The van der Waals surface area contributed by atoms with Crippen molar-refractivity contribution in [2.75, 3.05) is 14.1 Å². The van der Waals surface area contributed by atoms with Gasteiger partial charge in [-0.1, -0.05) is 112 Å². The summed E-state index contributed by atoms with van der Waals surface area (Å²) in [6, 6.07) is 8.30. The summed E-state index contributed by atoms with van der Waals surface area (Å²) in [7, 11) is 3.83. The quantitative estimate of drug-likeness (QED) is 0.201. The average Bonchev–Trinajstić information content (AvgIpc) is 2.63. The van der Waals surface area contributed by atoms with Crippen LogP contribution in [0, 0.1) is 0 Å². The third-order valence-electron chi connectivity index (χ3n) is 4.70. The van der Waals surface area contributed by atoms with E-state index in [-0.39, 0.29) is 0 Å². The summed E-state index contributed by atoms with van der Waals surface area (Å²) >= 11 is 13.1. The van der Waals surface area contributed by atoms with E-state index in [4.69, 9.17) is 33.1 Å². The lowest BCUT2D eigenvalue weighted by Crippen LogP contribution is -2.31. The Hall–Kier alpha value is -0.770. The Balaban J connectivity index is 0.00000165. The number of unbranched alkanes of at least 4 members (excludes halogenated alkanes) is 9. The Morgan fingerprint density at radius 1 is 0.929 bits per heavy atom. The predicted molar refractivity (Wildman–Crippen MR) is 122 cm³/mol. The van der Waals surface area contributed by atoms with Crippen LogP contribution in [-0.2, 0) is 15.7 Å². The van der Waals surface area contributed by atoms with Crippen molar-refractivity contribution >= 4 is 29.2 Å². The van der Waals surface area contributed by atoms with Crippen LogP contribution in [0.15, 0.2) is 24.3 Å². The molecule has 0 saturated heterocycles. The third-order valence-corrected chi connectivity index (χ3v) is 5.79. The van der Waals surface area contributed by atoms with E-state index in [0.29, 0.717) is 0 Å². The molecule has 0 heterocycles. The highest BCUT2D eigenvalue weighted by Gasteiger charge is 2.31. The Kier molecular flexibility index (Phi) is 15.6. The SMILES string of the molecule is CC(=O)O.CCCCCCCCCCCCc1ccccc1C(Cl)(Cl)N(C)C. The minimum atomic E-state index is -0.949. The molecule has 0 saturated carbocycles. The van der Waals surface area contributed by atoms with E-state index in [9.17, 15) is 0 Å². The zero-order valence-corrected chi connectivity index (χ0v) is 19.7. The fourth-order valence-corrected chi connectivity index (χ4v) is 3.44. The fraction of sp³-hybridized carbons (Fsp3) is 0.696. The number of carboxylic acid groups (broad SMARTS) is 1. The maximum atomic E-state index is 9.00. The lowest BCUT2D eigenvalue weighted by molar-refractivity contribution is -0.134. The number of halogens is 2. The van der Waals surface area contributed by atoms with Gasteiger partial charge in [-0.3, -0.25) is 9.69 Å². The molecule has 28 heavy (non-hydrogen) atoms. The highest BCUT2D eigenvalue weighted by molar-refractivity contribution is 6.47. The molecule has 0 aliphatic carbocycles. The molecule has 0 unspecified atom stereocenters. The molecule has 0 amide bonds. The van der Waals surface area contributed by atoms with Crippen LogP contribution in [0.4, 0.5) is 0 Å². The van der Waals surface area contributed by atoms with E-state index in [0.717, 1.165) is 18.9 Å². The topological polar surface area (TPSA) is 40.5 Å². The molecule has 1 aromatic rings. The van der Waals surface area contributed by atoms with E-state index in [1.807, 2.05) is 31.1 Å². The van der Waals surface area contributed by atoms with Crippen molar-refractivity contribution in [3.8, 4) is 0 Å². The van der Waals surface area contributed by atoms with Gasteiger partial charge in [-0.25, -0.2) is 0 Å². The largest absolute Gasteiger partial charge is 0.481 e. The highest BCUT2D eigenvalue weighted by Crippen LogP contribution is 2.38. The molecule has 0 atom stereocenters. The fourth-order valence-electron chi connectivity index (χ4n) is 3.08. The number of rotatable bonds is 13. The van der Waals surface area contributed by atoms with Crippen molar-refractivity contribution in [1.82, 2.24) is 4.90 Å². The number of carbonyl (C=O) groups is 1. The molecule has 0 bridgehead atoms. The third kappa shape index (κ3) is 12.6. The molecule has 0 aromatic heterocycles. The van der Waals surface area contributed by atoms with Gasteiger partial charge in [0.1, 0.15) is 0 Å². The van der Waals surface area contributed by atoms with Crippen molar-refractivity contribution < 1.29 is 9.90 Å². The standard InChI is InChI=1S/C21H35Cl2N.C2H4O2/c1-4-5-6-7-8-9-10-11-12-13-16-19-17-14-15-18-20(19)21(22,23)24(2)3;1-2(3)4/h14-15,17-18H,4-13,16H2,1-3H3;1H3,(H,3,4). The van der Waals surface area contributed by atoms with Crippen LogP contribution in [-0.4, -0.2) is 30.1 Å². The van der Waals surface area contributed by atoms with Crippen molar-refractivity contribution in [1.29, 1.82) is 0 Å². The van der Waals surface area contributed by atoms with Crippen LogP contribution in [0.5, 0.6) is 0 Å². The zero-order chi connectivity index (χ0) is 21.4. The van der Waals surface area contributed by atoms with Crippen LogP contribution in [0.2, 0.25) is 0 Å². The van der Waals surface area contributed by atoms with Gasteiger partial charge in [0.15, 0.2) is 4.46 Å². The number of hydrogen-bond donors (Lipinski definition) is 1. The molecule has 0 fully saturated rings. The van der Waals surface area contributed by atoms with Crippen molar-refractivity contribution in [2.45, 2.75) is 88.9 Å². The molecule has 162 valence electrons. The van der Waals surface area contributed by atoms with Gasteiger partial charge in [0.25, 0.3) is 5.97 Å². The molecule has 0 aliphatic heterocycles. The van der Waals surface area contributed by atoms with Crippen molar-refractivity contribution in [3.63, 3.8) is 0 Å². The second-order valence-electron chi connectivity index (χ2n) is 7.54. The first-order chi connectivity index (χ1) is 13.2. The second kappa shape index (κ2) is 16.1. The first-order valence-corrected chi connectivity index (χ1v) is 11.3. The van der Waals surface area contributed by atoms with E-state index >= 15 is 0 Å². The van der Waals surface area contributed by atoms with Crippen LogP contribution >= 0.6 is 23.2 Å². The summed E-state index contributed by atoms with van der Waals surface area (Å²) in [5.41, 5.74) is 2.30. The molecule has 3 nitrogen and oxygen atoms in total. The van der Waals surface area contributed by atoms with Gasteiger partial charge in [0.2, 0.25) is 0 Å². The predicted octanol–water partition coefficient (Wildman–Crippen LogP) is 7.39. The molecule has 1 N–H and O–H groups in total. The number of nitrogens with zero attached hydrogens (tertiary/aromatic N) is 1. The van der Waals surface area contributed by atoms with Crippen LogP contribution in [0.3, 0.4) is 0 Å². The van der Waals surface area contributed by atoms with Crippen LogP contribution in [0.25, 0.3) is 0 Å². The number of hydrogen-bond acceptors (Lipinski definition) is 2. The van der Waals surface area contributed by atoms with Gasteiger partial charge in [-0.05, 0) is 32.5 Å². The van der Waals surface area contributed by atoms with Gasteiger partial charge in [0, 0.05) is 12.5 Å². The van der Waals surface area contributed by atoms with Crippen LogP contribution in [0.1, 0.15) is 89.2 Å². The number of aryl methyl sites for hydroxylation is 1. The summed E-state index contributed by atoms with van der Waals surface area (Å²) in [5, 5.41) is 7.42. The Labute approximate surface area is 182 Å². The van der Waals surface area contributed by atoms with Crippen molar-refractivity contribution in [3.05, 3.63) is 35.4 Å². The summed E-state index contributed by atoms with van der Waals surface area (Å²) < 4.78 is -0.949. The summed E-state index contributed by atoms with van der Waals surface area (Å²) in [5.74, 6) is -0.833. The molecule has 0 spiro atoms. The Bertz CT molecular complexity index is 529. The first-order valence-electron chi connectivity index (χ1n) is 10.6. The molecule has 1 aromatic carbocycles. The Morgan fingerprint density at radius 2 is 1.36 bits per heavy atom. The van der Waals surface area contributed by atoms with Gasteiger partial charge in [-0.2, -0.15) is 0 Å². The molecule has 0 aliphatic rings. The molecular weight excluding hydrogens is 393 g/mol. The second-order valence-corrected chi connectivity index (χ2v) is 8.83. The normalized spacial score (nSPS) is 11.2. The lowest BCUT2D eigenvalue weighted by atomic mass is 9.99. The van der Waals surface area contributed by atoms with E-state index < -0.39 is 10.4 Å². The maximum Gasteiger partial charge on any atom is 0.300 e. The minimum Gasteiger partial charge on any atom is -0.481 e. The van der Waals surface area contributed by atoms with Gasteiger partial charge < -0.3 is 5.11 Å². The first kappa shape index (κ1) is 27.2. The van der Waals surface area contributed by atoms with Gasteiger partial charge >= 0.3 is 0 Å². The van der Waals surface area contributed by atoms with Crippen molar-refractivity contribution in [2.24, 2.45) is 0 Å². The molecular formula is C23H39Cl2NO2. The van der Waals surface area contributed by atoms with E-state index in [1.165, 1.54) is 69.8 Å².